The van der Waals surface area contributed by atoms with Gasteiger partial charge in [-0.05, 0) is 6.07 Å². The van der Waals surface area contributed by atoms with Crippen LogP contribution in [0.5, 0.6) is 0 Å². The van der Waals surface area contributed by atoms with E-state index < -0.39 is 13.7 Å². The molecule has 1 rings (SSSR count). The van der Waals surface area contributed by atoms with Crippen molar-refractivity contribution in [2.45, 2.75) is 13.1 Å². The number of halogens is 1. The molecule has 0 aliphatic heterocycles. The highest BCUT2D eigenvalue weighted by molar-refractivity contribution is 6.64. The highest BCUT2D eigenvalue weighted by atomic mass is 35.5. The average Bonchev–Trinajstić information content (AvgIpc) is 2.15. The molecule has 1 radical (unpaired) electrons. The third-order valence-corrected chi connectivity index (χ3v) is 2.69. The minimum absolute atomic E-state index is 0.0339. The number of nitrogens with two attached hydrogens (primary N) is 1. The molecular weight excluding hydrogens is 244 g/mol. The number of benzene rings is 1. The standard InChI is InChI=1S/C10H10ClN2O2Si/c1-16(2)4-3-7-5-10(13(14)15)8(11)6-9(7)12/h5-6H,12H2,1-2H3. The molecule has 0 saturated heterocycles. The molecule has 0 atom stereocenters. The minimum atomic E-state index is -0.711. The van der Waals surface area contributed by atoms with Crippen LogP contribution in [0.4, 0.5) is 11.4 Å². The van der Waals surface area contributed by atoms with E-state index in [9.17, 15) is 10.1 Å². The van der Waals surface area contributed by atoms with Crippen molar-refractivity contribution in [3.8, 4) is 11.5 Å². The van der Waals surface area contributed by atoms with E-state index in [1.165, 1.54) is 12.1 Å². The number of rotatable bonds is 1. The van der Waals surface area contributed by atoms with Crippen molar-refractivity contribution in [3.05, 3.63) is 32.8 Å². The molecule has 2 N–H and O–H groups in total. The number of hydrogen-bond acceptors (Lipinski definition) is 3. The van der Waals surface area contributed by atoms with Crippen molar-refractivity contribution in [2.75, 3.05) is 5.73 Å². The van der Waals surface area contributed by atoms with Crippen LogP contribution in [0, 0.1) is 21.6 Å². The van der Waals surface area contributed by atoms with Gasteiger partial charge in [-0.3, -0.25) is 10.1 Å². The summed E-state index contributed by atoms with van der Waals surface area (Å²) in [6.45, 7) is 4.05. The molecule has 4 nitrogen and oxygen atoms in total. The summed E-state index contributed by atoms with van der Waals surface area (Å²) in [5, 5.41) is 10.7. The lowest BCUT2D eigenvalue weighted by Gasteiger charge is -2.00. The molecule has 0 aromatic heterocycles. The maximum Gasteiger partial charge on any atom is 0.289 e. The average molecular weight is 254 g/mol. The Bertz CT molecular complexity index is 492. The van der Waals surface area contributed by atoms with E-state index in [2.05, 4.69) is 11.5 Å². The largest absolute Gasteiger partial charge is 0.398 e. The van der Waals surface area contributed by atoms with Crippen LogP contribution in [-0.4, -0.2) is 13.7 Å². The van der Waals surface area contributed by atoms with Crippen molar-refractivity contribution in [3.63, 3.8) is 0 Å². The third kappa shape index (κ3) is 2.99. The molecule has 0 aliphatic carbocycles. The van der Waals surface area contributed by atoms with Crippen LogP contribution < -0.4 is 5.73 Å². The van der Waals surface area contributed by atoms with Crippen molar-refractivity contribution in [1.82, 2.24) is 0 Å². The highest BCUT2D eigenvalue weighted by Crippen LogP contribution is 2.28. The fourth-order valence-corrected chi connectivity index (χ4v) is 1.64. The second-order valence-electron chi connectivity index (χ2n) is 3.40. The van der Waals surface area contributed by atoms with Crippen LogP contribution in [0.1, 0.15) is 5.56 Å². The van der Waals surface area contributed by atoms with E-state index >= 15 is 0 Å². The molecule has 6 heteroatoms. The Morgan fingerprint density at radius 1 is 1.50 bits per heavy atom. The van der Waals surface area contributed by atoms with Gasteiger partial charge in [0, 0.05) is 11.8 Å². The van der Waals surface area contributed by atoms with Crippen molar-refractivity contribution in [2.24, 2.45) is 0 Å². The van der Waals surface area contributed by atoms with Gasteiger partial charge in [-0.15, -0.1) is 5.54 Å². The summed E-state index contributed by atoms with van der Waals surface area (Å²) < 4.78 is 0. The van der Waals surface area contributed by atoms with Crippen LogP contribution >= 0.6 is 11.6 Å². The normalized spacial score (nSPS) is 9.75. The van der Waals surface area contributed by atoms with Gasteiger partial charge in [0.25, 0.3) is 5.69 Å². The number of hydrogen-bond donors (Lipinski definition) is 1. The predicted octanol–water partition coefficient (Wildman–Crippen LogP) is 2.48. The first-order valence-electron chi connectivity index (χ1n) is 4.47. The summed E-state index contributed by atoms with van der Waals surface area (Å²) in [5.74, 6) is 2.84. The van der Waals surface area contributed by atoms with E-state index in [-0.39, 0.29) is 10.7 Å². The highest BCUT2D eigenvalue weighted by Gasteiger charge is 2.14. The van der Waals surface area contributed by atoms with Gasteiger partial charge in [0.1, 0.15) is 13.8 Å². The first-order valence-corrected chi connectivity index (χ1v) is 7.35. The first-order chi connectivity index (χ1) is 7.41. The van der Waals surface area contributed by atoms with Gasteiger partial charge in [-0.1, -0.05) is 30.6 Å². The van der Waals surface area contributed by atoms with Crippen molar-refractivity contribution >= 4 is 31.8 Å². The quantitative estimate of drug-likeness (QED) is 0.275. The predicted molar refractivity (Wildman–Crippen MR) is 66.9 cm³/mol. The number of nitrogens with zero attached hydrogens (tertiary/aromatic N) is 1. The molecule has 0 bridgehead atoms. The lowest BCUT2D eigenvalue weighted by atomic mass is 10.1. The zero-order valence-corrected chi connectivity index (χ0v) is 10.6. The van der Waals surface area contributed by atoms with Crippen LogP contribution in [0.3, 0.4) is 0 Å². The second kappa shape index (κ2) is 5.01. The SMILES string of the molecule is C[Si](C)C#Cc1cc([N+](=O)[O-])c(Cl)cc1N. The fraction of sp³-hybridized carbons (Fsp3) is 0.200. The van der Waals surface area contributed by atoms with Crippen molar-refractivity contribution in [1.29, 1.82) is 0 Å². The molecule has 0 saturated carbocycles. The van der Waals surface area contributed by atoms with Crippen LogP contribution in [0.25, 0.3) is 0 Å². The summed E-state index contributed by atoms with van der Waals surface area (Å²) in [7, 11) is -0.711. The Morgan fingerprint density at radius 3 is 2.62 bits per heavy atom. The van der Waals surface area contributed by atoms with Gasteiger partial charge >= 0.3 is 0 Å². The van der Waals surface area contributed by atoms with Gasteiger partial charge in [0.05, 0.1) is 10.5 Å². The van der Waals surface area contributed by atoms with Crippen molar-refractivity contribution < 1.29 is 4.92 Å². The van der Waals surface area contributed by atoms with Gasteiger partial charge in [-0.2, -0.15) is 0 Å². The second-order valence-corrected chi connectivity index (χ2v) is 6.06. The van der Waals surface area contributed by atoms with E-state index in [1.807, 2.05) is 13.1 Å². The molecule has 1 aromatic carbocycles. The summed E-state index contributed by atoms with van der Waals surface area (Å²) >= 11 is 5.70. The zero-order valence-electron chi connectivity index (χ0n) is 8.87. The van der Waals surface area contributed by atoms with Gasteiger partial charge in [-0.25, -0.2) is 0 Å². The van der Waals surface area contributed by atoms with E-state index in [0.29, 0.717) is 11.3 Å². The third-order valence-electron chi connectivity index (χ3n) is 1.76. The van der Waals surface area contributed by atoms with Gasteiger partial charge in [0.2, 0.25) is 0 Å². The first kappa shape index (κ1) is 12.6. The molecule has 0 amide bonds. The molecule has 0 aliphatic rings. The molecule has 0 unspecified atom stereocenters. The Morgan fingerprint density at radius 2 is 2.12 bits per heavy atom. The molecular formula is C10H10ClN2O2Si. The van der Waals surface area contributed by atoms with E-state index in [0.717, 1.165) is 0 Å². The Labute approximate surface area is 100 Å². The molecule has 83 valence electrons. The molecule has 0 heterocycles. The summed E-state index contributed by atoms with van der Waals surface area (Å²) in [6, 6.07) is 2.68. The maximum absolute atomic E-state index is 10.7. The lowest BCUT2D eigenvalue weighted by molar-refractivity contribution is -0.384. The molecule has 16 heavy (non-hydrogen) atoms. The number of nitro groups is 1. The number of nitro benzene ring substituents is 1. The van der Waals surface area contributed by atoms with E-state index in [1.54, 1.807) is 0 Å². The topological polar surface area (TPSA) is 69.2 Å². The fourth-order valence-electron chi connectivity index (χ4n) is 1.02. The minimum Gasteiger partial charge on any atom is -0.398 e. The molecule has 0 spiro atoms. The lowest BCUT2D eigenvalue weighted by Crippen LogP contribution is -1.97. The summed E-state index contributed by atoms with van der Waals surface area (Å²) in [6.07, 6.45) is 0. The maximum atomic E-state index is 10.7. The Balaban J connectivity index is 3.27. The molecule has 0 fully saturated rings. The van der Waals surface area contributed by atoms with Gasteiger partial charge < -0.3 is 5.73 Å². The Kier molecular flexibility index (Phi) is 3.93. The summed E-state index contributed by atoms with van der Waals surface area (Å²) in [5.41, 5.74) is 9.33. The smallest absolute Gasteiger partial charge is 0.289 e. The monoisotopic (exact) mass is 253 g/mol. The van der Waals surface area contributed by atoms with Crippen LogP contribution in [-0.2, 0) is 0 Å². The number of anilines is 1. The molecule has 1 aromatic rings. The Hall–Kier alpha value is -1.51. The van der Waals surface area contributed by atoms with Gasteiger partial charge in [0.15, 0.2) is 0 Å². The van der Waals surface area contributed by atoms with Crippen LogP contribution in [0.2, 0.25) is 18.1 Å². The zero-order chi connectivity index (χ0) is 12.3. The van der Waals surface area contributed by atoms with E-state index in [4.69, 9.17) is 17.3 Å². The van der Waals surface area contributed by atoms with Crippen LogP contribution in [0.15, 0.2) is 12.1 Å². The summed E-state index contributed by atoms with van der Waals surface area (Å²) in [4.78, 5) is 10.1. The number of nitrogen functional groups attached to an aromatic ring is 1.